The Labute approximate surface area is 132 Å². The first kappa shape index (κ1) is 18.4. The van der Waals surface area contributed by atoms with E-state index in [1.807, 2.05) is 6.92 Å². The number of unbranched alkanes of at least 4 members (excludes halogenated alkanes) is 1. The van der Waals surface area contributed by atoms with E-state index >= 15 is 0 Å². The van der Waals surface area contributed by atoms with Gasteiger partial charge in [-0.3, -0.25) is 4.79 Å². The first-order valence-corrected chi connectivity index (χ1v) is 8.65. The maximum Gasteiger partial charge on any atom is 0.240 e. The van der Waals surface area contributed by atoms with Crippen LogP contribution in [0.15, 0.2) is 17.0 Å². The highest BCUT2D eigenvalue weighted by Crippen LogP contribution is 2.25. The highest BCUT2D eigenvalue weighted by molar-refractivity contribution is 7.89. The molecule has 0 aliphatic rings. The summed E-state index contributed by atoms with van der Waals surface area (Å²) in [5, 5.41) is 2.67. The van der Waals surface area contributed by atoms with E-state index in [0.717, 1.165) is 12.0 Å². The fourth-order valence-electron chi connectivity index (χ4n) is 2.07. The van der Waals surface area contributed by atoms with E-state index in [1.165, 1.54) is 6.92 Å². The Morgan fingerprint density at radius 1 is 1.14 bits per heavy atom. The molecule has 124 valence electrons. The first-order chi connectivity index (χ1) is 10.3. The highest BCUT2D eigenvalue weighted by atomic mass is 32.2. The van der Waals surface area contributed by atoms with Gasteiger partial charge in [-0.15, -0.1) is 0 Å². The lowest BCUT2D eigenvalue weighted by atomic mass is 10.1. The molecule has 1 aromatic carbocycles. The van der Waals surface area contributed by atoms with Gasteiger partial charge in [0.25, 0.3) is 0 Å². The first-order valence-electron chi connectivity index (χ1n) is 7.17. The summed E-state index contributed by atoms with van der Waals surface area (Å²) >= 11 is 0. The summed E-state index contributed by atoms with van der Waals surface area (Å²) in [4.78, 5) is 11.0. The van der Waals surface area contributed by atoms with E-state index < -0.39 is 10.0 Å². The molecule has 0 bridgehead atoms. The average molecular weight is 328 g/mol. The molecule has 1 amide bonds. The van der Waals surface area contributed by atoms with Crippen LogP contribution in [0, 0.1) is 13.8 Å². The Kier molecular flexibility index (Phi) is 6.83. The molecule has 7 heteroatoms. The molecule has 0 saturated carbocycles. The zero-order chi connectivity index (χ0) is 16.8. The van der Waals surface area contributed by atoms with Gasteiger partial charge in [0.1, 0.15) is 5.75 Å². The Bertz CT molecular complexity index is 627. The Morgan fingerprint density at radius 3 is 2.36 bits per heavy atom. The second-order valence-electron chi connectivity index (χ2n) is 5.18. The summed E-state index contributed by atoms with van der Waals surface area (Å²) < 4.78 is 32.4. The van der Waals surface area contributed by atoms with Gasteiger partial charge in [0.15, 0.2) is 0 Å². The van der Waals surface area contributed by atoms with E-state index in [2.05, 4.69) is 10.0 Å². The molecule has 0 radical (unpaired) electrons. The number of amides is 1. The normalized spacial score (nSPS) is 11.3. The third kappa shape index (κ3) is 5.31. The van der Waals surface area contributed by atoms with Crippen LogP contribution in [-0.4, -0.2) is 34.5 Å². The van der Waals surface area contributed by atoms with Crippen LogP contribution in [0.2, 0.25) is 0 Å². The largest absolute Gasteiger partial charge is 0.496 e. The topological polar surface area (TPSA) is 84.5 Å². The molecule has 0 atom stereocenters. The van der Waals surface area contributed by atoms with Crippen molar-refractivity contribution >= 4 is 15.9 Å². The molecule has 22 heavy (non-hydrogen) atoms. The molecule has 0 aliphatic carbocycles. The van der Waals surface area contributed by atoms with Gasteiger partial charge in [-0.05, 0) is 49.9 Å². The van der Waals surface area contributed by atoms with Gasteiger partial charge in [-0.2, -0.15) is 0 Å². The predicted octanol–water partition coefficient (Wildman–Crippen LogP) is 1.51. The second kappa shape index (κ2) is 8.14. The summed E-state index contributed by atoms with van der Waals surface area (Å²) in [7, 11) is -1.98. The lowest BCUT2D eigenvalue weighted by Gasteiger charge is -2.12. The molecule has 0 unspecified atom stereocenters. The minimum absolute atomic E-state index is 0.0788. The zero-order valence-electron chi connectivity index (χ0n) is 13.5. The van der Waals surface area contributed by atoms with Gasteiger partial charge >= 0.3 is 0 Å². The average Bonchev–Trinajstić information content (AvgIpc) is 2.44. The van der Waals surface area contributed by atoms with Crippen molar-refractivity contribution in [1.29, 1.82) is 0 Å². The zero-order valence-corrected chi connectivity index (χ0v) is 14.3. The molecule has 2 N–H and O–H groups in total. The molecule has 0 saturated heterocycles. The number of methoxy groups -OCH3 is 1. The Hall–Kier alpha value is -1.60. The number of sulfonamides is 1. The smallest absolute Gasteiger partial charge is 0.240 e. The van der Waals surface area contributed by atoms with Crippen molar-refractivity contribution in [3.63, 3.8) is 0 Å². The number of benzene rings is 1. The van der Waals surface area contributed by atoms with Gasteiger partial charge in [-0.1, -0.05) is 0 Å². The van der Waals surface area contributed by atoms with Crippen LogP contribution >= 0.6 is 0 Å². The number of hydrogen-bond acceptors (Lipinski definition) is 4. The third-order valence-electron chi connectivity index (χ3n) is 3.25. The molecule has 0 fully saturated rings. The molecule has 1 rings (SSSR count). The quantitative estimate of drug-likeness (QED) is 0.708. The SMILES string of the molecule is COc1cc(C)c(S(=O)(=O)NCCCCNC(C)=O)cc1C. The summed E-state index contributed by atoms with van der Waals surface area (Å²) in [5.41, 5.74) is 1.42. The number of rotatable bonds is 8. The number of hydrogen-bond donors (Lipinski definition) is 2. The lowest BCUT2D eigenvalue weighted by molar-refractivity contribution is -0.118. The van der Waals surface area contributed by atoms with Crippen molar-refractivity contribution in [1.82, 2.24) is 10.0 Å². The summed E-state index contributed by atoms with van der Waals surface area (Å²) in [6.07, 6.45) is 1.39. The van der Waals surface area contributed by atoms with E-state index in [-0.39, 0.29) is 10.8 Å². The molecule has 6 nitrogen and oxygen atoms in total. The van der Waals surface area contributed by atoms with Crippen LogP contribution in [-0.2, 0) is 14.8 Å². The highest BCUT2D eigenvalue weighted by Gasteiger charge is 2.18. The minimum Gasteiger partial charge on any atom is -0.496 e. The van der Waals surface area contributed by atoms with Crippen LogP contribution in [0.25, 0.3) is 0 Å². The van der Waals surface area contributed by atoms with Crippen LogP contribution in [0.3, 0.4) is 0 Å². The van der Waals surface area contributed by atoms with Crippen molar-refractivity contribution in [2.24, 2.45) is 0 Å². The number of ether oxygens (including phenoxy) is 1. The molecule has 0 spiro atoms. The fraction of sp³-hybridized carbons (Fsp3) is 0.533. The van der Waals surface area contributed by atoms with Gasteiger partial charge in [0, 0.05) is 20.0 Å². The molecule has 1 aromatic rings. The molecular formula is C15H24N2O4S. The molecule has 0 aromatic heterocycles. The van der Waals surface area contributed by atoms with E-state index in [9.17, 15) is 13.2 Å². The lowest BCUT2D eigenvalue weighted by Crippen LogP contribution is -2.27. The van der Waals surface area contributed by atoms with Crippen molar-refractivity contribution in [2.45, 2.75) is 38.5 Å². The maximum atomic E-state index is 12.3. The van der Waals surface area contributed by atoms with E-state index in [0.29, 0.717) is 30.8 Å². The van der Waals surface area contributed by atoms with Crippen molar-refractivity contribution < 1.29 is 17.9 Å². The Morgan fingerprint density at radius 2 is 1.77 bits per heavy atom. The standard InChI is InChI=1S/C15H24N2O4S/c1-11-10-15(12(2)9-14(11)21-4)22(19,20)17-8-6-5-7-16-13(3)18/h9-10,17H,5-8H2,1-4H3,(H,16,18). The molecule has 0 heterocycles. The minimum atomic E-state index is -3.53. The fourth-order valence-corrected chi connectivity index (χ4v) is 3.45. The van der Waals surface area contributed by atoms with Gasteiger partial charge in [0.05, 0.1) is 12.0 Å². The van der Waals surface area contributed by atoms with Gasteiger partial charge < -0.3 is 10.1 Å². The van der Waals surface area contributed by atoms with E-state index in [1.54, 1.807) is 26.2 Å². The van der Waals surface area contributed by atoms with Crippen molar-refractivity contribution in [3.8, 4) is 5.75 Å². The van der Waals surface area contributed by atoms with Crippen molar-refractivity contribution in [2.75, 3.05) is 20.2 Å². The molecule has 0 aliphatic heterocycles. The third-order valence-corrected chi connectivity index (χ3v) is 4.85. The summed E-state index contributed by atoms with van der Waals surface area (Å²) in [6.45, 7) is 5.90. The number of aryl methyl sites for hydroxylation is 2. The van der Waals surface area contributed by atoms with E-state index in [4.69, 9.17) is 4.74 Å². The Balaban J connectivity index is 2.63. The number of carbonyl (C=O) groups is 1. The van der Waals surface area contributed by atoms with Crippen LogP contribution in [0.5, 0.6) is 5.75 Å². The monoisotopic (exact) mass is 328 g/mol. The number of carbonyl (C=O) groups excluding carboxylic acids is 1. The van der Waals surface area contributed by atoms with Crippen LogP contribution in [0.1, 0.15) is 30.9 Å². The van der Waals surface area contributed by atoms with Crippen LogP contribution in [0.4, 0.5) is 0 Å². The summed E-state index contributed by atoms with van der Waals surface area (Å²) in [5.74, 6) is 0.594. The second-order valence-corrected chi connectivity index (χ2v) is 6.91. The van der Waals surface area contributed by atoms with Crippen LogP contribution < -0.4 is 14.8 Å². The summed E-state index contributed by atoms with van der Waals surface area (Å²) in [6, 6.07) is 3.34. The molecular weight excluding hydrogens is 304 g/mol. The van der Waals surface area contributed by atoms with Crippen molar-refractivity contribution in [3.05, 3.63) is 23.3 Å². The predicted molar refractivity (Wildman–Crippen MR) is 85.6 cm³/mol. The maximum absolute atomic E-state index is 12.3. The van der Waals surface area contributed by atoms with Gasteiger partial charge in [-0.25, -0.2) is 13.1 Å². The number of nitrogens with one attached hydrogen (secondary N) is 2. The van der Waals surface area contributed by atoms with Gasteiger partial charge in [0.2, 0.25) is 15.9 Å².